The van der Waals surface area contributed by atoms with Gasteiger partial charge in [-0.25, -0.2) is 8.42 Å². The predicted octanol–water partition coefficient (Wildman–Crippen LogP) is 3.40. The molecule has 0 aromatic heterocycles. The fourth-order valence-corrected chi connectivity index (χ4v) is 4.89. The zero-order valence-electron chi connectivity index (χ0n) is 13.7. The molecule has 4 heteroatoms. The largest absolute Gasteiger partial charge is 0.312 e. The van der Waals surface area contributed by atoms with Gasteiger partial charge in [-0.2, -0.15) is 0 Å². The van der Waals surface area contributed by atoms with E-state index in [-0.39, 0.29) is 5.54 Å². The van der Waals surface area contributed by atoms with Crippen molar-refractivity contribution in [1.82, 2.24) is 5.32 Å². The van der Waals surface area contributed by atoms with Crippen LogP contribution in [-0.2, 0) is 9.84 Å². The smallest absolute Gasteiger partial charge is 0.150 e. The highest BCUT2D eigenvalue weighted by Crippen LogP contribution is 2.29. The summed E-state index contributed by atoms with van der Waals surface area (Å²) in [5, 5.41) is 3.57. The second-order valence-electron chi connectivity index (χ2n) is 7.40. The fourth-order valence-electron chi connectivity index (χ4n) is 2.97. The highest BCUT2D eigenvalue weighted by molar-refractivity contribution is 7.91. The summed E-state index contributed by atoms with van der Waals surface area (Å²) in [6.07, 6.45) is 7.10. The van der Waals surface area contributed by atoms with Gasteiger partial charge < -0.3 is 5.32 Å². The molecule has 1 aliphatic rings. The normalized spacial score (nSPS) is 23.9. The lowest BCUT2D eigenvalue weighted by Crippen LogP contribution is -2.41. The number of nitrogens with one attached hydrogen (secondary N) is 1. The molecule has 0 amide bonds. The standard InChI is InChI=1S/C16H33NO2S/c1-5-6-7-8-9-14(12-17-16(2,3)4)15-10-11-20(18,19)13-15/h14-15,17H,5-13H2,1-4H3. The molecule has 0 aromatic carbocycles. The SMILES string of the molecule is CCCCCCC(CNC(C)(C)C)C1CCS(=O)(=O)C1. The van der Waals surface area contributed by atoms with Crippen LogP contribution in [0, 0.1) is 11.8 Å². The van der Waals surface area contributed by atoms with E-state index in [0.717, 1.165) is 13.0 Å². The molecule has 0 aliphatic carbocycles. The molecular formula is C16H33NO2S. The predicted molar refractivity (Wildman–Crippen MR) is 86.8 cm³/mol. The van der Waals surface area contributed by atoms with Gasteiger partial charge in [0.2, 0.25) is 0 Å². The second-order valence-corrected chi connectivity index (χ2v) is 9.63. The van der Waals surface area contributed by atoms with Gasteiger partial charge in [0.25, 0.3) is 0 Å². The van der Waals surface area contributed by atoms with E-state index in [0.29, 0.717) is 23.3 Å². The van der Waals surface area contributed by atoms with Crippen LogP contribution in [0.5, 0.6) is 0 Å². The maximum Gasteiger partial charge on any atom is 0.150 e. The third-order valence-electron chi connectivity index (χ3n) is 4.26. The van der Waals surface area contributed by atoms with Gasteiger partial charge in [0.15, 0.2) is 9.84 Å². The van der Waals surface area contributed by atoms with E-state index < -0.39 is 9.84 Å². The van der Waals surface area contributed by atoms with Crippen LogP contribution in [0.4, 0.5) is 0 Å². The van der Waals surface area contributed by atoms with E-state index in [9.17, 15) is 8.42 Å². The highest BCUT2D eigenvalue weighted by Gasteiger charge is 2.33. The zero-order valence-corrected chi connectivity index (χ0v) is 14.6. The summed E-state index contributed by atoms with van der Waals surface area (Å²) in [6.45, 7) is 9.70. The van der Waals surface area contributed by atoms with Crippen molar-refractivity contribution in [2.75, 3.05) is 18.1 Å². The van der Waals surface area contributed by atoms with Crippen LogP contribution in [0.3, 0.4) is 0 Å². The molecule has 2 atom stereocenters. The van der Waals surface area contributed by atoms with Crippen molar-refractivity contribution in [3.8, 4) is 0 Å². The Labute approximate surface area is 125 Å². The number of hydrogen-bond acceptors (Lipinski definition) is 3. The number of rotatable bonds is 8. The summed E-state index contributed by atoms with van der Waals surface area (Å²) in [7, 11) is -2.76. The summed E-state index contributed by atoms with van der Waals surface area (Å²) < 4.78 is 23.4. The van der Waals surface area contributed by atoms with Gasteiger partial charge in [-0.3, -0.25) is 0 Å². The minimum absolute atomic E-state index is 0.110. The molecule has 0 saturated carbocycles. The van der Waals surface area contributed by atoms with E-state index in [1.807, 2.05) is 0 Å². The van der Waals surface area contributed by atoms with E-state index in [1.54, 1.807) is 0 Å². The van der Waals surface area contributed by atoms with Crippen LogP contribution in [0.1, 0.15) is 66.2 Å². The molecule has 0 aromatic rings. The van der Waals surface area contributed by atoms with Gasteiger partial charge in [0.05, 0.1) is 11.5 Å². The van der Waals surface area contributed by atoms with Gasteiger partial charge in [-0.15, -0.1) is 0 Å². The molecule has 1 N–H and O–H groups in total. The fraction of sp³-hybridized carbons (Fsp3) is 1.00. The van der Waals surface area contributed by atoms with Gasteiger partial charge in [-0.1, -0.05) is 32.6 Å². The van der Waals surface area contributed by atoms with Crippen molar-refractivity contribution >= 4 is 9.84 Å². The summed E-state index contributed by atoms with van der Waals surface area (Å²) in [6, 6.07) is 0. The average Bonchev–Trinajstić information content (AvgIpc) is 2.67. The molecule has 1 aliphatic heterocycles. The first-order valence-electron chi connectivity index (χ1n) is 8.19. The highest BCUT2D eigenvalue weighted by atomic mass is 32.2. The first-order chi connectivity index (χ1) is 9.23. The number of unbranched alkanes of at least 4 members (excludes halogenated alkanes) is 3. The second kappa shape index (κ2) is 7.79. The van der Waals surface area contributed by atoms with Crippen LogP contribution in [0.25, 0.3) is 0 Å². The molecule has 1 saturated heterocycles. The molecule has 1 rings (SSSR count). The Morgan fingerprint density at radius 3 is 2.40 bits per heavy atom. The molecular weight excluding hydrogens is 270 g/mol. The van der Waals surface area contributed by atoms with Crippen molar-refractivity contribution in [2.24, 2.45) is 11.8 Å². The van der Waals surface area contributed by atoms with E-state index in [2.05, 4.69) is 33.0 Å². The molecule has 3 nitrogen and oxygen atoms in total. The Hall–Kier alpha value is -0.0900. The Bertz CT molecular complexity index is 370. The summed E-state index contributed by atoms with van der Waals surface area (Å²) in [4.78, 5) is 0. The Morgan fingerprint density at radius 2 is 1.90 bits per heavy atom. The molecule has 1 heterocycles. The Morgan fingerprint density at radius 1 is 1.20 bits per heavy atom. The lowest BCUT2D eigenvalue weighted by Gasteiger charge is -2.28. The molecule has 2 unspecified atom stereocenters. The third-order valence-corrected chi connectivity index (χ3v) is 6.05. The van der Waals surface area contributed by atoms with Crippen molar-refractivity contribution < 1.29 is 8.42 Å². The minimum atomic E-state index is -2.76. The summed E-state index contributed by atoms with van der Waals surface area (Å²) >= 11 is 0. The van der Waals surface area contributed by atoms with Gasteiger partial charge in [-0.05, 0) is 52.0 Å². The van der Waals surface area contributed by atoms with Crippen LogP contribution in [0.2, 0.25) is 0 Å². The summed E-state index contributed by atoms with van der Waals surface area (Å²) in [5.41, 5.74) is 0.110. The van der Waals surface area contributed by atoms with Gasteiger partial charge in [0.1, 0.15) is 0 Å². The zero-order chi connectivity index (χ0) is 15.2. The monoisotopic (exact) mass is 303 g/mol. The number of hydrogen-bond donors (Lipinski definition) is 1. The maximum atomic E-state index is 11.7. The summed E-state index contributed by atoms with van der Waals surface area (Å²) in [5.74, 6) is 1.70. The van der Waals surface area contributed by atoms with Crippen molar-refractivity contribution in [2.45, 2.75) is 71.8 Å². The Balaban J connectivity index is 2.50. The Kier molecular flexibility index (Phi) is 6.99. The molecule has 1 fully saturated rings. The third kappa shape index (κ3) is 7.07. The van der Waals surface area contributed by atoms with Crippen LogP contribution in [-0.4, -0.2) is 32.0 Å². The lowest BCUT2D eigenvalue weighted by molar-refractivity contribution is 0.282. The first kappa shape index (κ1) is 18.0. The molecule has 0 bridgehead atoms. The minimum Gasteiger partial charge on any atom is -0.312 e. The quantitative estimate of drug-likeness (QED) is 0.699. The van der Waals surface area contributed by atoms with E-state index in [1.165, 1.54) is 32.1 Å². The van der Waals surface area contributed by atoms with Gasteiger partial charge >= 0.3 is 0 Å². The van der Waals surface area contributed by atoms with Crippen molar-refractivity contribution in [3.05, 3.63) is 0 Å². The van der Waals surface area contributed by atoms with Crippen LogP contribution >= 0.6 is 0 Å². The molecule has 0 spiro atoms. The van der Waals surface area contributed by atoms with Crippen molar-refractivity contribution in [3.63, 3.8) is 0 Å². The van der Waals surface area contributed by atoms with Crippen LogP contribution < -0.4 is 5.32 Å². The molecule has 20 heavy (non-hydrogen) atoms. The van der Waals surface area contributed by atoms with Crippen LogP contribution in [0.15, 0.2) is 0 Å². The van der Waals surface area contributed by atoms with E-state index in [4.69, 9.17) is 0 Å². The lowest BCUT2D eigenvalue weighted by atomic mass is 9.86. The molecule has 0 radical (unpaired) electrons. The topological polar surface area (TPSA) is 46.2 Å². The molecule has 120 valence electrons. The number of sulfone groups is 1. The van der Waals surface area contributed by atoms with E-state index >= 15 is 0 Å². The maximum absolute atomic E-state index is 11.7. The van der Waals surface area contributed by atoms with Gasteiger partial charge in [0, 0.05) is 5.54 Å². The first-order valence-corrected chi connectivity index (χ1v) is 10.0. The van der Waals surface area contributed by atoms with Crippen molar-refractivity contribution in [1.29, 1.82) is 0 Å². The average molecular weight is 304 g/mol.